The lowest BCUT2D eigenvalue weighted by atomic mass is 10.1. The topological polar surface area (TPSA) is 70.3 Å². The number of ether oxygens (including phenoxy) is 1. The summed E-state index contributed by atoms with van der Waals surface area (Å²) in [5.74, 6) is -1.84. The van der Waals surface area contributed by atoms with Crippen molar-refractivity contribution >= 4 is 5.97 Å². The Morgan fingerprint density at radius 3 is 2.57 bits per heavy atom. The fourth-order valence-electron chi connectivity index (χ4n) is 1.96. The highest BCUT2D eigenvalue weighted by Crippen LogP contribution is 2.49. The van der Waals surface area contributed by atoms with Crippen molar-refractivity contribution in [2.24, 2.45) is 5.41 Å². The van der Waals surface area contributed by atoms with E-state index in [9.17, 15) is 18.0 Å². The van der Waals surface area contributed by atoms with E-state index in [1.807, 2.05) is 6.07 Å². The van der Waals surface area contributed by atoms with Crippen LogP contribution in [0.4, 0.5) is 13.2 Å². The Balaban J connectivity index is 2.23. The van der Waals surface area contributed by atoms with Crippen molar-refractivity contribution < 1.29 is 27.8 Å². The van der Waals surface area contributed by atoms with Crippen LogP contribution in [0.1, 0.15) is 35.2 Å². The first-order valence-corrected chi connectivity index (χ1v) is 6.22. The summed E-state index contributed by atoms with van der Waals surface area (Å²) in [5.41, 5.74) is -1.92. The van der Waals surface area contributed by atoms with Gasteiger partial charge in [0.05, 0.1) is 23.8 Å². The molecule has 1 aliphatic carbocycles. The van der Waals surface area contributed by atoms with Crippen LogP contribution >= 0.6 is 0 Å². The lowest BCUT2D eigenvalue weighted by Crippen LogP contribution is -2.16. The van der Waals surface area contributed by atoms with Gasteiger partial charge in [-0.15, -0.1) is 0 Å². The second-order valence-corrected chi connectivity index (χ2v) is 5.14. The van der Waals surface area contributed by atoms with Gasteiger partial charge in [-0.25, -0.2) is 4.79 Å². The molecule has 0 unspecified atom stereocenters. The third-order valence-corrected chi connectivity index (χ3v) is 3.48. The maximum atomic E-state index is 13.0. The minimum absolute atomic E-state index is 0.0239. The van der Waals surface area contributed by atoms with Gasteiger partial charge < -0.3 is 9.84 Å². The number of hydrogen-bond acceptors (Lipinski definition) is 3. The van der Waals surface area contributed by atoms with Crippen molar-refractivity contribution in [2.45, 2.75) is 25.4 Å². The van der Waals surface area contributed by atoms with Gasteiger partial charge in [0.25, 0.3) is 0 Å². The summed E-state index contributed by atoms with van der Waals surface area (Å²) in [6.07, 6.45) is -2.97. The van der Waals surface area contributed by atoms with Crippen molar-refractivity contribution in [3.8, 4) is 11.8 Å². The minimum Gasteiger partial charge on any atom is -0.492 e. The molecule has 0 atom stereocenters. The highest BCUT2D eigenvalue weighted by molar-refractivity contribution is 5.88. The fourth-order valence-corrected chi connectivity index (χ4v) is 1.96. The molecular weight excluding hydrogens is 287 g/mol. The van der Waals surface area contributed by atoms with Crippen LogP contribution in [0.25, 0.3) is 0 Å². The molecule has 0 spiro atoms. The van der Waals surface area contributed by atoms with E-state index in [0.29, 0.717) is 6.07 Å². The largest absolute Gasteiger partial charge is 0.492 e. The quantitative estimate of drug-likeness (QED) is 0.903. The number of carboxylic acid groups (broad SMARTS) is 1. The minimum atomic E-state index is -4.70. The summed E-state index contributed by atoms with van der Waals surface area (Å²) in [7, 11) is 0. The summed E-state index contributed by atoms with van der Waals surface area (Å²) in [5, 5.41) is 17.4. The van der Waals surface area contributed by atoms with E-state index in [1.165, 1.54) is 0 Å². The molecule has 1 aromatic rings. The van der Waals surface area contributed by atoms with E-state index in [-0.39, 0.29) is 18.4 Å². The summed E-state index contributed by atoms with van der Waals surface area (Å²) >= 11 is 0. The van der Waals surface area contributed by atoms with Crippen LogP contribution in [0.15, 0.2) is 18.2 Å². The van der Waals surface area contributed by atoms with Crippen molar-refractivity contribution in [1.82, 2.24) is 0 Å². The molecular formula is C14H12F3NO3. The van der Waals surface area contributed by atoms with Gasteiger partial charge in [0.1, 0.15) is 5.75 Å². The van der Waals surface area contributed by atoms with Crippen molar-refractivity contribution in [1.29, 1.82) is 5.26 Å². The van der Waals surface area contributed by atoms with E-state index >= 15 is 0 Å². The van der Waals surface area contributed by atoms with Gasteiger partial charge >= 0.3 is 12.1 Å². The number of halogens is 3. The third-order valence-electron chi connectivity index (χ3n) is 3.48. The number of carboxylic acids is 1. The lowest BCUT2D eigenvalue weighted by Gasteiger charge is -2.17. The molecule has 4 nitrogen and oxygen atoms in total. The Bertz CT molecular complexity index is 600. The van der Waals surface area contributed by atoms with Crippen LogP contribution in [0.5, 0.6) is 5.75 Å². The Morgan fingerprint density at radius 2 is 2.10 bits per heavy atom. The van der Waals surface area contributed by atoms with Crippen LogP contribution in [-0.4, -0.2) is 17.7 Å². The second-order valence-electron chi connectivity index (χ2n) is 5.14. The third kappa shape index (κ3) is 3.45. The first kappa shape index (κ1) is 15.2. The average molecular weight is 299 g/mol. The van der Waals surface area contributed by atoms with Gasteiger partial charge in [-0.2, -0.15) is 18.4 Å². The van der Waals surface area contributed by atoms with Crippen LogP contribution < -0.4 is 4.74 Å². The number of hydrogen-bond donors (Lipinski definition) is 1. The van der Waals surface area contributed by atoms with Crippen LogP contribution in [-0.2, 0) is 6.18 Å². The first-order valence-electron chi connectivity index (χ1n) is 6.22. The van der Waals surface area contributed by atoms with Crippen molar-refractivity contribution in [2.75, 3.05) is 6.61 Å². The average Bonchev–Trinajstić information content (AvgIpc) is 3.16. The molecule has 0 radical (unpaired) electrons. The molecule has 1 N–H and O–H groups in total. The van der Waals surface area contributed by atoms with Crippen molar-refractivity contribution in [3.63, 3.8) is 0 Å². The summed E-state index contributed by atoms with van der Waals surface area (Å²) in [6, 6.07) is 4.63. The normalized spacial score (nSPS) is 16.1. The molecule has 1 saturated carbocycles. The fraction of sp³-hybridized carbons (Fsp3) is 0.429. The molecule has 0 aromatic heterocycles. The number of aromatic carboxylic acids is 1. The zero-order valence-corrected chi connectivity index (χ0v) is 10.9. The van der Waals surface area contributed by atoms with Crippen LogP contribution in [0.2, 0.25) is 0 Å². The lowest BCUT2D eigenvalue weighted by molar-refractivity contribution is -0.139. The molecule has 112 valence electrons. The second kappa shape index (κ2) is 5.28. The number of rotatable bonds is 5. The van der Waals surface area contributed by atoms with Crippen molar-refractivity contribution in [3.05, 3.63) is 29.3 Å². The molecule has 1 aromatic carbocycles. The highest BCUT2D eigenvalue weighted by Gasteiger charge is 2.44. The van der Waals surface area contributed by atoms with Gasteiger partial charge in [0.2, 0.25) is 0 Å². The number of nitriles is 1. The monoisotopic (exact) mass is 299 g/mol. The molecule has 7 heteroatoms. The van der Waals surface area contributed by atoms with E-state index in [1.54, 1.807) is 0 Å². The van der Waals surface area contributed by atoms with E-state index < -0.39 is 29.0 Å². The summed E-state index contributed by atoms with van der Waals surface area (Å²) in [4.78, 5) is 10.8. The zero-order chi connectivity index (χ0) is 15.7. The molecule has 1 fully saturated rings. The maximum Gasteiger partial charge on any atom is 0.419 e. The van der Waals surface area contributed by atoms with E-state index in [4.69, 9.17) is 15.1 Å². The molecule has 0 heterocycles. The zero-order valence-electron chi connectivity index (χ0n) is 10.9. The Kier molecular flexibility index (Phi) is 3.81. The first-order chi connectivity index (χ1) is 9.77. The molecule has 1 aliphatic rings. The number of nitrogens with zero attached hydrogens (tertiary/aromatic N) is 1. The number of alkyl halides is 3. The maximum absolute atomic E-state index is 13.0. The Labute approximate surface area is 118 Å². The predicted octanol–water partition coefficient (Wildman–Crippen LogP) is 3.48. The molecule has 21 heavy (non-hydrogen) atoms. The van der Waals surface area contributed by atoms with E-state index in [2.05, 4.69) is 0 Å². The highest BCUT2D eigenvalue weighted by atomic mass is 19.4. The SMILES string of the molecule is N#CCC1(COc2ccc(C(=O)O)cc2C(F)(F)F)CC1. The van der Waals surface area contributed by atoms with Gasteiger partial charge in [0.15, 0.2) is 0 Å². The molecule has 0 aliphatic heterocycles. The van der Waals surface area contributed by atoms with Gasteiger partial charge in [-0.3, -0.25) is 0 Å². The Morgan fingerprint density at radius 1 is 1.43 bits per heavy atom. The number of carbonyl (C=O) groups is 1. The van der Waals surface area contributed by atoms with Gasteiger partial charge in [-0.05, 0) is 31.0 Å². The molecule has 0 amide bonds. The predicted molar refractivity (Wildman–Crippen MR) is 65.8 cm³/mol. The Hall–Kier alpha value is -2.23. The standard InChI is InChI=1S/C14H12F3NO3/c15-14(16,17)10-7-9(12(19)20)1-2-11(10)21-8-13(3-4-13)5-6-18/h1-2,7H,3-5,8H2,(H,19,20). The summed E-state index contributed by atoms with van der Waals surface area (Å²) in [6.45, 7) is 0.0239. The molecule has 2 rings (SSSR count). The van der Waals surface area contributed by atoms with Crippen LogP contribution in [0.3, 0.4) is 0 Å². The molecule has 0 bridgehead atoms. The van der Waals surface area contributed by atoms with Gasteiger partial charge in [0, 0.05) is 11.8 Å². The van der Waals surface area contributed by atoms with Crippen LogP contribution in [0, 0.1) is 16.7 Å². The molecule has 0 saturated heterocycles. The van der Waals surface area contributed by atoms with Gasteiger partial charge in [-0.1, -0.05) is 0 Å². The van der Waals surface area contributed by atoms with E-state index in [0.717, 1.165) is 25.0 Å². The smallest absolute Gasteiger partial charge is 0.419 e. The summed E-state index contributed by atoms with van der Waals surface area (Å²) < 4.78 is 44.1. The number of benzene rings is 1.